The van der Waals surface area contributed by atoms with Crippen LogP contribution in [0.15, 0.2) is 0 Å². The number of unbranched alkanes of at least 4 members (excludes halogenated alkanes) is 1. The SMILES string of the molecule is CCCCN1CC[C@H](C(=O)OCC)C1=O. The minimum atomic E-state index is -0.540. The molecule has 86 valence electrons. The van der Waals surface area contributed by atoms with E-state index in [9.17, 15) is 9.59 Å². The summed E-state index contributed by atoms with van der Waals surface area (Å²) in [4.78, 5) is 24.9. The van der Waals surface area contributed by atoms with Gasteiger partial charge in [0.15, 0.2) is 0 Å². The third-order valence-corrected chi connectivity index (χ3v) is 2.65. The first-order valence-corrected chi connectivity index (χ1v) is 5.66. The number of rotatable bonds is 5. The van der Waals surface area contributed by atoms with E-state index in [0.717, 1.165) is 19.4 Å². The Labute approximate surface area is 90.6 Å². The molecule has 0 spiro atoms. The summed E-state index contributed by atoms with van der Waals surface area (Å²) in [6.45, 7) is 5.65. The molecule has 0 radical (unpaired) electrons. The molecular formula is C11H19NO3. The molecule has 1 aliphatic rings. The van der Waals surface area contributed by atoms with Crippen LogP contribution in [0.1, 0.15) is 33.1 Å². The molecule has 4 heteroatoms. The van der Waals surface area contributed by atoms with E-state index in [0.29, 0.717) is 19.6 Å². The minimum absolute atomic E-state index is 0.0538. The average Bonchev–Trinajstić information content (AvgIpc) is 2.57. The highest BCUT2D eigenvalue weighted by atomic mass is 16.5. The summed E-state index contributed by atoms with van der Waals surface area (Å²) in [5.74, 6) is -0.954. The second-order valence-electron chi connectivity index (χ2n) is 3.77. The van der Waals surface area contributed by atoms with E-state index in [1.165, 1.54) is 0 Å². The fraction of sp³-hybridized carbons (Fsp3) is 0.818. The predicted octanol–water partition coefficient (Wildman–Crippen LogP) is 1.20. The lowest BCUT2D eigenvalue weighted by molar-refractivity contribution is -0.152. The Hall–Kier alpha value is -1.06. The summed E-state index contributed by atoms with van der Waals surface area (Å²) < 4.78 is 4.86. The maximum atomic E-state index is 11.8. The molecule has 1 atom stereocenters. The zero-order valence-electron chi connectivity index (χ0n) is 9.49. The molecule has 0 aliphatic carbocycles. The molecule has 1 amide bonds. The number of hydrogen-bond donors (Lipinski definition) is 0. The molecule has 0 bridgehead atoms. The molecule has 0 N–H and O–H groups in total. The third kappa shape index (κ3) is 2.94. The Kier molecular flexibility index (Phi) is 4.59. The zero-order chi connectivity index (χ0) is 11.3. The van der Waals surface area contributed by atoms with Crippen molar-refractivity contribution in [3.8, 4) is 0 Å². The fourth-order valence-electron chi connectivity index (χ4n) is 1.77. The highest BCUT2D eigenvalue weighted by Gasteiger charge is 2.37. The average molecular weight is 213 g/mol. The molecule has 1 aliphatic heterocycles. The number of carbonyl (C=O) groups excluding carboxylic acids is 2. The normalized spacial score (nSPS) is 20.8. The zero-order valence-corrected chi connectivity index (χ0v) is 9.49. The molecule has 1 fully saturated rings. The van der Waals surface area contributed by atoms with Crippen molar-refractivity contribution >= 4 is 11.9 Å². The van der Waals surface area contributed by atoms with Gasteiger partial charge in [0.25, 0.3) is 0 Å². The quantitative estimate of drug-likeness (QED) is 0.509. The molecule has 15 heavy (non-hydrogen) atoms. The van der Waals surface area contributed by atoms with Gasteiger partial charge in [-0.3, -0.25) is 9.59 Å². The van der Waals surface area contributed by atoms with Gasteiger partial charge in [0.05, 0.1) is 6.61 Å². The molecular weight excluding hydrogens is 194 g/mol. The molecule has 0 saturated carbocycles. The summed E-state index contributed by atoms with van der Waals surface area (Å²) in [5, 5.41) is 0. The molecule has 1 heterocycles. The lowest BCUT2D eigenvalue weighted by Crippen LogP contribution is -2.31. The van der Waals surface area contributed by atoms with Crippen molar-refractivity contribution in [2.75, 3.05) is 19.7 Å². The number of amides is 1. The van der Waals surface area contributed by atoms with Gasteiger partial charge in [-0.05, 0) is 19.8 Å². The summed E-state index contributed by atoms with van der Waals surface area (Å²) in [6.07, 6.45) is 2.68. The van der Waals surface area contributed by atoms with Crippen molar-refractivity contribution in [3.63, 3.8) is 0 Å². The van der Waals surface area contributed by atoms with E-state index in [4.69, 9.17) is 4.74 Å². The van der Waals surface area contributed by atoms with Gasteiger partial charge < -0.3 is 9.64 Å². The molecule has 1 saturated heterocycles. The largest absolute Gasteiger partial charge is 0.465 e. The standard InChI is InChI=1S/C11H19NO3/c1-3-5-7-12-8-6-9(10(12)13)11(14)15-4-2/h9H,3-8H2,1-2H3/t9-/m0/s1. The highest BCUT2D eigenvalue weighted by molar-refractivity contribution is 5.99. The van der Waals surface area contributed by atoms with Gasteiger partial charge in [-0.2, -0.15) is 0 Å². The molecule has 0 aromatic rings. The van der Waals surface area contributed by atoms with Gasteiger partial charge in [0.1, 0.15) is 5.92 Å². The van der Waals surface area contributed by atoms with Crippen molar-refractivity contribution in [2.24, 2.45) is 5.92 Å². The van der Waals surface area contributed by atoms with Crippen LogP contribution in [0.25, 0.3) is 0 Å². The summed E-state index contributed by atoms with van der Waals surface area (Å²) in [6, 6.07) is 0. The lowest BCUT2D eigenvalue weighted by Gasteiger charge is -2.15. The first-order chi connectivity index (χ1) is 7.20. The predicted molar refractivity (Wildman–Crippen MR) is 56.2 cm³/mol. The van der Waals surface area contributed by atoms with Crippen LogP contribution in [0, 0.1) is 5.92 Å². The van der Waals surface area contributed by atoms with Gasteiger partial charge in [-0.1, -0.05) is 13.3 Å². The second-order valence-corrected chi connectivity index (χ2v) is 3.77. The van der Waals surface area contributed by atoms with E-state index in [2.05, 4.69) is 6.92 Å². The molecule has 4 nitrogen and oxygen atoms in total. The van der Waals surface area contributed by atoms with E-state index in [1.54, 1.807) is 11.8 Å². The molecule has 0 aromatic carbocycles. The van der Waals surface area contributed by atoms with Gasteiger partial charge in [-0.25, -0.2) is 0 Å². The summed E-state index contributed by atoms with van der Waals surface area (Å²) in [7, 11) is 0. The number of ether oxygens (including phenoxy) is 1. The monoisotopic (exact) mass is 213 g/mol. The van der Waals surface area contributed by atoms with Crippen LogP contribution in [0.5, 0.6) is 0 Å². The van der Waals surface area contributed by atoms with Crippen LogP contribution in [0.3, 0.4) is 0 Å². The number of nitrogens with zero attached hydrogens (tertiary/aromatic N) is 1. The van der Waals surface area contributed by atoms with Crippen molar-refractivity contribution in [3.05, 3.63) is 0 Å². The Morgan fingerprint density at radius 1 is 1.53 bits per heavy atom. The lowest BCUT2D eigenvalue weighted by atomic mass is 10.1. The van der Waals surface area contributed by atoms with Gasteiger partial charge >= 0.3 is 5.97 Å². The van der Waals surface area contributed by atoms with Crippen LogP contribution < -0.4 is 0 Å². The van der Waals surface area contributed by atoms with Crippen LogP contribution in [0.4, 0.5) is 0 Å². The minimum Gasteiger partial charge on any atom is -0.465 e. The third-order valence-electron chi connectivity index (χ3n) is 2.65. The summed E-state index contributed by atoms with van der Waals surface area (Å²) in [5.41, 5.74) is 0. The van der Waals surface area contributed by atoms with Gasteiger partial charge in [0.2, 0.25) is 5.91 Å². The van der Waals surface area contributed by atoms with E-state index in [-0.39, 0.29) is 11.9 Å². The van der Waals surface area contributed by atoms with Crippen molar-refractivity contribution < 1.29 is 14.3 Å². The van der Waals surface area contributed by atoms with Crippen LogP contribution in [-0.4, -0.2) is 36.5 Å². The fourth-order valence-corrected chi connectivity index (χ4v) is 1.77. The van der Waals surface area contributed by atoms with Crippen LogP contribution in [0.2, 0.25) is 0 Å². The number of likely N-dealkylation sites (tertiary alicyclic amines) is 1. The maximum Gasteiger partial charge on any atom is 0.318 e. The van der Waals surface area contributed by atoms with Crippen molar-refractivity contribution in [1.82, 2.24) is 4.90 Å². The Morgan fingerprint density at radius 3 is 2.87 bits per heavy atom. The smallest absolute Gasteiger partial charge is 0.318 e. The first kappa shape index (κ1) is 12.0. The maximum absolute atomic E-state index is 11.8. The summed E-state index contributed by atoms with van der Waals surface area (Å²) >= 11 is 0. The Bertz CT molecular complexity index is 240. The second kappa shape index (κ2) is 5.73. The van der Waals surface area contributed by atoms with Crippen molar-refractivity contribution in [1.29, 1.82) is 0 Å². The van der Waals surface area contributed by atoms with E-state index in [1.807, 2.05) is 0 Å². The Balaban J connectivity index is 2.44. The molecule has 1 rings (SSSR count). The first-order valence-electron chi connectivity index (χ1n) is 5.66. The number of esters is 1. The molecule has 0 unspecified atom stereocenters. The van der Waals surface area contributed by atoms with Crippen LogP contribution in [-0.2, 0) is 14.3 Å². The number of carbonyl (C=O) groups is 2. The van der Waals surface area contributed by atoms with Gasteiger partial charge in [0, 0.05) is 13.1 Å². The molecule has 0 aromatic heterocycles. The van der Waals surface area contributed by atoms with Crippen LogP contribution >= 0.6 is 0 Å². The topological polar surface area (TPSA) is 46.6 Å². The Morgan fingerprint density at radius 2 is 2.27 bits per heavy atom. The van der Waals surface area contributed by atoms with Crippen molar-refractivity contribution in [2.45, 2.75) is 33.1 Å². The van der Waals surface area contributed by atoms with E-state index >= 15 is 0 Å². The van der Waals surface area contributed by atoms with E-state index < -0.39 is 5.92 Å². The highest BCUT2D eigenvalue weighted by Crippen LogP contribution is 2.19. The van der Waals surface area contributed by atoms with Gasteiger partial charge in [-0.15, -0.1) is 0 Å². The number of hydrogen-bond acceptors (Lipinski definition) is 3.